The van der Waals surface area contributed by atoms with Crippen LogP contribution in [0.1, 0.15) is 35.1 Å². The van der Waals surface area contributed by atoms with E-state index in [2.05, 4.69) is 5.43 Å². The van der Waals surface area contributed by atoms with Gasteiger partial charge in [-0.3, -0.25) is 24.6 Å². The van der Waals surface area contributed by atoms with Gasteiger partial charge in [0, 0.05) is 10.9 Å². The smallest absolute Gasteiger partial charge is 0.260 e. The van der Waals surface area contributed by atoms with Gasteiger partial charge in [0.1, 0.15) is 0 Å². The second kappa shape index (κ2) is 13.8. The first kappa shape index (κ1) is 36.1. The number of fused-ring (bicyclic) bond motifs is 4. The van der Waals surface area contributed by atoms with Crippen LogP contribution in [0.3, 0.4) is 0 Å². The van der Waals surface area contributed by atoms with Gasteiger partial charge in [-0.25, -0.2) is 4.90 Å². The Bertz CT molecular complexity index is 2280. The summed E-state index contributed by atoms with van der Waals surface area (Å²) >= 11 is 6.47. The van der Waals surface area contributed by atoms with Crippen LogP contribution in [0.5, 0.6) is 17.2 Å². The predicted molar refractivity (Wildman–Crippen MR) is 208 cm³/mol. The molecule has 2 saturated heterocycles. The summed E-state index contributed by atoms with van der Waals surface area (Å²) < 4.78 is 10.9. The molecular weight excluding hydrogens is 718 g/mol. The number of nitrogens with zero attached hydrogens (tertiary/aromatic N) is 2. The van der Waals surface area contributed by atoms with Crippen LogP contribution in [-0.4, -0.2) is 48.0 Å². The maximum absolute atomic E-state index is 15.3. The van der Waals surface area contributed by atoms with E-state index < -0.39 is 46.8 Å². The van der Waals surface area contributed by atoms with E-state index in [4.69, 9.17) is 21.1 Å². The van der Waals surface area contributed by atoms with E-state index in [9.17, 15) is 19.5 Å². The van der Waals surface area contributed by atoms with Crippen molar-refractivity contribution in [2.45, 2.75) is 32.1 Å². The molecule has 280 valence electrons. The molecule has 55 heavy (non-hydrogen) atoms. The topological polar surface area (TPSA) is 125 Å². The molecule has 4 aromatic rings. The van der Waals surface area contributed by atoms with Gasteiger partial charge in [-0.1, -0.05) is 89.5 Å². The van der Waals surface area contributed by atoms with Crippen LogP contribution in [0, 0.1) is 43.4 Å². The number of imide groups is 2. The average molecular weight is 758 g/mol. The number of carbonyl (C=O) groups is 4. The highest BCUT2D eigenvalue weighted by molar-refractivity contribution is 6.32. The van der Waals surface area contributed by atoms with Crippen LogP contribution < -0.4 is 19.8 Å². The summed E-state index contributed by atoms with van der Waals surface area (Å²) in [5.41, 5.74) is 6.62. The molecule has 10 nitrogen and oxygen atoms in total. The van der Waals surface area contributed by atoms with E-state index in [1.165, 1.54) is 19.1 Å². The van der Waals surface area contributed by atoms with Crippen LogP contribution in [0.25, 0.3) is 6.08 Å². The number of nitrogens with one attached hydrogen (secondary N) is 1. The Kier molecular flexibility index (Phi) is 9.04. The SMILES string of the molecule is COc1cc(C=CC2C3=CCC4C(=O)N(c5ccc(C)c(Cl)c5)C(=O)C4C3CC3C(=O)N(Nc4ccc(C)cc4)C(=O)C23c2ccccc2)cc(OC)c1O. The lowest BCUT2D eigenvalue weighted by Gasteiger charge is -2.49. The number of anilines is 2. The Morgan fingerprint density at radius 3 is 2.20 bits per heavy atom. The maximum Gasteiger partial charge on any atom is 0.260 e. The van der Waals surface area contributed by atoms with E-state index in [0.717, 1.165) is 21.7 Å². The molecule has 1 saturated carbocycles. The van der Waals surface area contributed by atoms with Crippen molar-refractivity contribution in [3.8, 4) is 17.2 Å². The summed E-state index contributed by atoms with van der Waals surface area (Å²) in [6.45, 7) is 3.81. The van der Waals surface area contributed by atoms with Gasteiger partial charge in [-0.05, 0) is 85.7 Å². The summed E-state index contributed by atoms with van der Waals surface area (Å²) in [6.07, 6.45) is 6.19. The summed E-state index contributed by atoms with van der Waals surface area (Å²) in [5, 5.41) is 12.2. The normalized spacial score (nSPS) is 25.8. The van der Waals surface area contributed by atoms with Gasteiger partial charge < -0.3 is 14.6 Å². The number of methoxy groups -OCH3 is 2. The molecule has 2 N–H and O–H groups in total. The van der Waals surface area contributed by atoms with E-state index >= 15 is 4.79 Å². The van der Waals surface area contributed by atoms with Crippen LogP contribution >= 0.6 is 11.6 Å². The number of carbonyl (C=O) groups excluding carboxylic acids is 4. The Labute approximate surface area is 324 Å². The zero-order chi connectivity index (χ0) is 38.8. The zero-order valence-corrected chi connectivity index (χ0v) is 31.5. The Morgan fingerprint density at radius 1 is 0.855 bits per heavy atom. The molecule has 4 aromatic carbocycles. The monoisotopic (exact) mass is 757 g/mol. The fourth-order valence-electron chi connectivity index (χ4n) is 9.19. The third kappa shape index (κ3) is 5.61. The summed E-state index contributed by atoms with van der Waals surface area (Å²) in [7, 11) is 2.89. The van der Waals surface area contributed by atoms with Gasteiger partial charge in [0.25, 0.3) is 11.8 Å². The number of phenolic OH excluding ortho intramolecular Hbond substituents is 1. The Balaban J connectivity index is 1.30. The number of ether oxygens (including phenoxy) is 2. The largest absolute Gasteiger partial charge is 0.502 e. The molecule has 0 radical (unpaired) electrons. The molecule has 8 rings (SSSR count). The van der Waals surface area contributed by atoms with Crippen molar-refractivity contribution < 1.29 is 33.8 Å². The van der Waals surface area contributed by atoms with Gasteiger partial charge in [0.05, 0.1) is 48.8 Å². The lowest BCUT2D eigenvalue weighted by atomic mass is 9.50. The van der Waals surface area contributed by atoms with E-state index in [1.54, 1.807) is 30.3 Å². The standard InChI is InChI=1S/C44H40ClN3O7/c1-24-10-14-28(15-11-24)46-48-41(51)34-23-32-30(17-18-31-38(32)42(52)47(40(31)50)29-16-12-25(2)35(45)22-29)33(44(34,43(48)53)27-8-6-5-7-9-27)19-13-26-20-36(54-3)39(49)37(21-26)55-4/h5-17,19-22,31-34,38,46,49H,18,23H2,1-4H3. The molecule has 4 amide bonds. The van der Waals surface area contributed by atoms with Crippen LogP contribution in [0.2, 0.25) is 5.02 Å². The summed E-state index contributed by atoms with van der Waals surface area (Å²) in [4.78, 5) is 60.1. The number of aromatic hydroxyl groups is 1. The molecule has 6 unspecified atom stereocenters. The second-order valence-electron chi connectivity index (χ2n) is 14.7. The van der Waals surface area contributed by atoms with Crippen molar-refractivity contribution in [1.82, 2.24) is 5.01 Å². The lowest BCUT2D eigenvalue weighted by Crippen LogP contribution is -2.54. The minimum absolute atomic E-state index is 0.153. The molecule has 4 aliphatic rings. The number of rotatable bonds is 8. The number of halogens is 1. The number of aryl methyl sites for hydroxylation is 2. The highest BCUT2D eigenvalue weighted by Gasteiger charge is 2.69. The number of hydrogen-bond donors (Lipinski definition) is 2. The number of allylic oxidation sites excluding steroid dienone is 3. The fraction of sp³-hybridized carbons (Fsp3) is 0.273. The minimum atomic E-state index is -1.41. The Hall–Kier alpha value is -5.87. The van der Waals surface area contributed by atoms with E-state index in [-0.39, 0.29) is 41.9 Å². The van der Waals surface area contributed by atoms with Crippen molar-refractivity contribution >= 4 is 52.7 Å². The molecule has 0 aromatic heterocycles. The molecular formula is C44H40ClN3O7. The highest BCUT2D eigenvalue weighted by Crippen LogP contribution is 2.61. The van der Waals surface area contributed by atoms with Crippen molar-refractivity contribution in [3.05, 3.63) is 130 Å². The van der Waals surface area contributed by atoms with Gasteiger partial charge in [-0.2, -0.15) is 5.01 Å². The van der Waals surface area contributed by atoms with Crippen LogP contribution in [0.4, 0.5) is 11.4 Å². The highest BCUT2D eigenvalue weighted by atomic mass is 35.5. The molecule has 2 heterocycles. The molecule has 11 heteroatoms. The Morgan fingerprint density at radius 2 is 1.55 bits per heavy atom. The van der Waals surface area contributed by atoms with Gasteiger partial charge >= 0.3 is 0 Å². The average Bonchev–Trinajstić information content (AvgIpc) is 3.57. The fourth-order valence-corrected chi connectivity index (χ4v) is 9.36. The molecule has 6 atom stereocenters. The van der Waals surface area contributed by atoms with Crippen molar-refractivity contribution in [3.63, 3.8) is 0 Å². The molecule has 0 spiro atoms. The molecule has 2 aliphatic carbocycles. The first-order valence-corrected chi connectivity index (χ1v) is 18.6. The summed E-state index contributed by atoms with van der Waals surface area (Å²) in [5.74, 6) is -4.80. The number of hydrogen-bond acceptors (Lipinski definition) is 8. The number of benzene rings is 4. The van der Waals surface area contributed by atoms with Gasteiger partial charge in [-0.15, -0.1) is 0 Å². The lowest BCUT2D eigenvalue weighted by molar-refractivity contribution is -0.139. The van der Waals surface area contributed by atoms with Crippen LogP contribution in [0.15, 0.2) is 103 Å². The summed E-state index contributed by atoms with van der Waals surface area (Å²) in [6, 6.07) is 25.2. The predicted octanol–water partition coefficient (Wildman–Crippen LogP) is 7.41. The van der Waals surface area contributed by atoms with Crippen molar-refractivity contribution in [1.29, 1.82) is 0 Å². The first-order chi connectivity index (χ1) is 26.5. The zero-order valence-electron chi connectivity index (χ0n) is 30.8. The second-order valence-corrected chi connectivity index (χ2v) is 15.1. The minimum Gasteiger partial charge on any atom is -0.502 e. The van der Waals surface area contributed by atoms with Crippen LogP contribution in [-0.2, 0) is 24.6 Å². The van der Waals surface area contributed by atoms with Gasteiger partial charge in [0.15, 0.2) is 11.5 Å². The third-order valence-corrected chi connectivity index (χ3v) is 12.3. The number of phenols is 1. The van der Waals surface area contributed by atoms with Crippen molar-refractivity contribution in [2.75, 3.05) is 24.5 Å². The number of amides is 4. The van der Waals surface area contributed by atoms with E-state index in [1.807, 2.05) is 86.7 Å². The third-order valence-electron chi connectivity index (χ3n) is 11.9. The van der Waals surface area contributed by atoms with E-state index in [0.29, 0.717) is 27.5 Å². The van der Waals surface area contributed by atoms with Crippen molar-refractivity contribution in [2.24, 2.45) is 29.6 Å². The van der Waals surface area contributed by atoms with Gasteiger partial charge in [0.2, 0.25) is 17.6 Å². The first-order valence-electron chi connectivity index (χ1n) is 18.2. The maximum atomic E-state index is 15.3. The molecule has 0 bridgehead atoms. The molecule has 3 fully saturated rings. The quantitative estimate of drug-likeness (QED) is 0.141. The molecule has 2 aliphatic heterocycles. The number of hydrazine groups is 1.